The first-order valence-electron chi connectivity index (χ1n) is 13.9. The van der Waals surface area contributed by atoms with Gasteiger partial charge in [-0.3, -0.25) is 14.3 Å². The van der Waals surface area contributed by atoms with Gasteiger partial charge < -0.3 is 24.9 Å². The molecular formula is C26H33F3N10O2. The van der Waals surface area contributed by atoms with Crippen molar-refractivity contribution in [2.45, 2.75) is 50.5 Å². The minimum Gasteiger partial charge on any atom is -0.364 e. The van der Waals surface area contributed by atoms with Crippen molar-refractivity contribution in [1.29, 1.82) is 0 Å². The molecule has 3 fully saturated rings. The van der Waals surface area contributed by atoms with E-state index in [1.165, 1.54) is 0 Å². The third kappa shape index (κ3) is 5.94. The summed E-state index contributed by atoms with van der Waals surface area (Å²) in [5.74, 6) is -0.0295. The first-order chi connectivity index (χ1) is 19.6. The van der Waals surface area contributed by atoms with Crippen molar-refractivity contribution in [3.8, 4) is 0 Å². The van der Waals surface area contributed by atoms with Gasteiger partial charge in [-0.25, -0.2) is 4.52 Å². The molecular weight excluding hydrogens is 541 g/mol. The molecule has 1 N–H and O–H groups in total. The van der Waals surface area contributed by atoms with Gasteiger partial charge in [0.25, 0.3) is 0 Å². The minimum absolute atomic E-state index is 0.0272. The van der Waals surface area contributed by atoms with Crippen LogP contribution >= 0.6 is 0 Å². The van der Waals surface area contributed by atoms with Gasteiger partial charge in [0.1, 0.15) is 6.54 Å². The quantitative estimate of drug-likeness (QED) is 0.457. The number of pyridine rings is 1. The Bertz CT molecular complexity index is 1400. The van der Waals surface area contributed by atoms with Crippen LogP contribution in [-0.2, 0) is 16.1 Å². The number of nitrogens with zero attached hydrogens (tertiary/aromatic N) is 9. The van der Waals surface area contributed by atoms with Gasteiger partial charge in [0, 0.05) is 70.2 Å². The van der Waals surface area contributed by atoms with Crippen LogP contribution in [0, 0.1) is 0 Å². The van der Waals surface area contributed by atoms with E-state index in [2.05, 4.69) is 25.3 Å². The Labute approximate surface area is 234 Å². The second kappa shape index (κ2) is 10.8. The van der Waals surface area contributed by atoms with Crippen molar-refractivity contribution in [3.05, 3.63) is 30.7 Å². The number of aromatic nitrogens is 5. The maximum Gasteiger partial charge on any atom is 0.389 e. The molecule has 15 heteroatoms. The molecule has 3 aliphatic rings. The number of rotatable bonds is 7. The van der Waals surface area contributed by atoms with Crippen LogP contribution in [0.2, 0.25) is 0 Å². The predicted molar refractivity (Wildman–Crippen MR) is 144 cm³/mol. The van der Waals surface area contributed by atoms with Gasteiger partial charge in [0.15, 0.2) is 5.65 Å². The molecule has 2 unspecified atom stereocenters. The molecule has 3 aromatic rings. The van der Waals surface area contributed by atoms with Gasteiger partial charge in [-0.2, -0.15) is 23.3 Å². The van der Waals surface area contributed by atoms with Gasteiger partial charge in [-0.15, -0.1) is 5.10 Å². The fourth-order valence-corrected chi connectivity index (χ4v) is 6.01. The predicted octanol–water partition coefficient (Wildman–Crippen LogP) is 1.97. The third-order valence-corrected chi connectivity index (χ3v) is 8.12. The number of hydrogen-bond donors (Lipinski definition) is 1. The van der Waals surface area contributed by atoms with E-state index < -0.39 is 24.9 Å². The van der Waals surface area contributed by atoms with Gasteiger partial charge >= 0.3 is 6.18 Å². The highest BCUT2D eigenvalue weighted by Gasteiger charge is 2.43. The molecule has 3 aliphatic heterocycles. The van der Waals surface area contributed by atoms with E-state index in [-0.39, 0.29) is 24.5 Å². The molecule has 6 rings (SSSR count). The van der Waals surface area contributed by atoms with Gasteiger partial charge in [-0.1, -0.05) is 0 Å². The molecule has 0 aliphatic carbocycles. The number of amides is 2. The molecule has 2 amide bonds. The number of hydrogen-bond acceptors (Lipinski definition) is 8. The summed E-state index contributed by atoms with van der Waals surface area (Å²) in [6, 6.07) is 3.55. The highest BCUT2D eigenvalue weighted by Crippen LogP contribution is 2.35. The Morgan fingerprint density at radius 3 is 2.51 bits per heavy atom. The molecule has 2 atom stereocenters. The summed E-state index contributed by atoms with van der Waals surface area (Å²) in [6.45, 7) is 4.34. The summed E-state index contributed by atoms with van der Waals surface area (Å²) in [4.78, 5) is 37.8. The second-order valence-electron chi connectivity index (χ2n) is 11.0. The maximum atomic E-state index is 12.7. The van der Waals surface area contributed by atoms with Crippen LogP contribution in [-0.4, -0.2) is 115 Å². The fraction of sp³-hybridized carbons (Fsp3) is 0.577. The number of fused-ring (bicyclic) bond motifs is 3. The highest BCUT2D eigenvalue weighted by atomic mass is 19.4. The van der Waals surface area contributed by atoms with Crippen LogP contribution in [0.15, 0.2) is 30.7 Å². The number of alkyl halides is 3. The Morgan fingerprint density at radius 1 is 1.07 bits per heavy atom. The van der Waals surface area contributed by atoms with Crippen molar-refractivity contribution in [2.24, 2.45) is 0 Å². The smallest absolute Gasteiger partial charge is 0.364 e. The van der Waals surface area contributed by atoms with Crippen molar-refractivity contribution < 1.29 is 22.8 Å². The minimum atomic E-state index is -4.34. The van der Waals surface area contributed by atoms with Crippen molar-refractivity contribution in [1.82, 2.24) is 39.1 Å². The van der Waals surface area contributed by atoms with E-state index in [1.807, 2.05) is 24.1 Å². The average molecular weight is 575 g/mol. The van der Waals surface area contributed by atoms with E-state index in [9.17, 15) is 22.8 Å². The third-order valence-electron chi connectivity index (χ3n) is 8.12. The first kappa shape index (κ1) is 27.3. The van der Waals surface area contributed by atoms with E-state index in [1.54, 1.807) is 32.7 Å². The molecule has 0 radical (unpaired) electrons. The number of halogens is 3. The molecule has 12 nitrogen and oxygen atoms in total. The van der Waals surface area contributed by atoms with Crippen molar-refractivity contribution in [3.63, 3.8) is 0 Å². The molecule has 0 saturated carbocycles. The number of carbonyl (C=O) groups excluding carboxylic acids is 2. The topological polar surface area (TPSA) is 107 Å². The van der Waals surface area contributed by atoms with Crippen molar-refractivity contribution >= 4 is 34.8 Å². The molecule has 41 heavy (non-hydrogen) atoms. The van der Waals surface area contributed by atoms with E-state index in [0.29, 0.717) is 43.5 Å². The van der Waals surface area contributed by atoms with Crippen LogP contribution in [0.25, 0.3) is 5.65 Å². The number of nitrogens with one attached hydrogen (secondary N) is 1. The second-order valence-corrected chi connectivity index (χ2v) is 11.0. The summed E-state index contributed by atoms with van der Waals surface area (Å²) >= 11 is 0. The zero-order valence-electron chi connectivity index (χ0n) is 22.8. The van der Waals surface area contributed by atoms with E-state index in [0.717, 1.165) is 31.6 Å². The summed E-state index contributed by atoms with van der Waals surface area (Å²) in [5, 5.41) is 12.0. The molecule has 0 aromatic carbocycles. The lowest BCUT2D eigenvalue weighted by atomic mass is 10.1. The van der Waals surface area contributed by atoms with E-state index >= 15 is 0 Å². The number of anilines is 3. The molecule has 220 valence electrons. The lowest BCUT2D eigenvalue weighted by Gasteiger charge is -2.42. The molecule has 3 saturated heterocycles. The van der Waals surface area contributed by atoms with Gasteiger partial charge in [0.2, 0.25) is 17.8 Å². The first-order valence-corrected chi connectivity index (χ1v) is 13.9. The Morgan fingerprint density at radius 2 is 1.80 bits per heavy atom. The Kier molecular flexibility index (Phi) is 7.21. The summed E-state index contributed by atoms with van der Waals surface area (Å²) in [7, 11) is 2.04. The zero-order valence-corrected chi connectivity index (χ0v) is 22.8. The molecule has 3 aromatic heterocycles. The Hall–Kier alpha value is -3.88. The summed E-state index contributed by atoms with van der Waals surface area (Å²) in [5.41, 5.74) is 2.13. The normalized spacial score (nSPS) is 21.6. The standard InChI is InChI=1S/C26H33F3N10O2/c1-34-9-11-35(12-10-34)23(41)17-37-14-18(13-30-37)31-25-32-24-21(3-2-8-38(24)33-25)36-15-19-4-5-20(16-36)39(19)22(40)6-7-26(27,28)29/h2-3,8,13-14,19-20H,4-7,9-12,15-17H2,1H3,(H,31,33). The van der Waals surface area contributed by atoms with Gasteiger partial charge in [-0.05, 0) is 32.0 Å². The van der Waals surface area contributed by atoms with Crippen LogP contribution < -0.4 is 10.2 Å². The van der Waals surface area contributed by atoms with E-state index in [4.69, 9.17) is 4.98 Å². The van der Waals surface area contributed by atoms with Crippen LogP contribution in [0.4, 0.5) is 30.5 Å². The molecule has 6 heterocycles. The molecule has 2 bridgehead atoms. The number of carbonyl (C=O) groups is 2. The monoisotopic (exact) mass is 574 g/mol. The number of piperazine rings is 2. The Balaban J connectivity index is 1.11. The van der Waals surface area contributed by atoms with Crippen molar-refractivity contribution in [2.75, 3.05) is 56.5 Å². The van der Waals surface area contributed by atoms with Crippen LogP contribution in [0.5, 0.6) is 0 Å². The van der Waals surface area contributed by atoms with Crippen LogP contribution in [0.1, 0.15) is 25.7 Å². The lowest BCUT2D eigenvalue weighted by Crippen LogP contribution is -2.56. The lowest BCUT2D eigenvalue weighted by molar-refractivity contribution is -0.151. The molecule has 0 spiro atoms. The van der Waals surface area contributed by atoms with Crippen LogP contribution in [0.3, 0.4) is 0 Å². The summed E-state index contributed by atoms with van der Waals surface area (Å²) < 4.78 is 41.3. The zero-order chi connectivity index (χ0) is 28.7. The largest absolute Gasteiger partial charge is 0.389 e. The number of likely N-dealkylation sites (N-methyl/N-ethyl adjacent to an activating group) is 1. The SMILES string of the molecule is CN1CCN(C(=O)Cn2cc(Nc3nc4c(N5CC6CCC(C5)N6C(=O)CCC(F)(F)F)cccn4n3)cn2)CC1. The average Bonchev–Trinajstić information content (AvgIpc) is 3.62. The fourth-order valence-electron chi connectivity index (χ4n) is 6.01. The maximum absolute atomic E-state index is 12.7. The summed E-state index contributed by atoms with van der Waals surface area (Å²) in [6.07, 6.45) is 0.750. The highest BCUT2D eigenvalue weighted by molar-refractivity contribution is 5.79. The van der Waals surface area contributed by atoms with Gasteiger partial charge in [0.05, 0.1) is 24.0 Å².